The van der Waals surface area contributed by atoms with E-state index in [0.29, 0.717) is 5.82 Å². The zero-order valence-electron chi connectivity index (χ0n) is 11.1. The number of piperidine rings is 1. The van der Waals surface area contributed by atoms with Crippen molar-refractivity contribution < 1.29 is 8.42 Å². The minimum atomic E-state index is -3.48. The van der Waals surface area contributed by atoms with E-state index in [1.54, 1.807) is 29.0 Å². The second-order valence-corrected chi connectivity index (χ2v) is 7.93. The van der Waals surface area contributed by atoms with Gasteiger partial charge >= 0.3 is 0 Å². The molecule has 2 atom stereocenters. The Kier molecular flexibility index (Phi) is 3.15. The number of sulfonamides is 1. The Labute approximate surface area is 118 Å². The van der Waals surface area contributed by atoms with E-state index >= 15 is 0 Å². The van der Waals surface area contributed by atoms with Gasteiger partial charge in [-0.1, -0.05) is 0 Å². The molecule has 2 bridgehead atoms. The summed E-state index contributed by atoms with van der Waals surface area (Å²) < 4.78 is 28.9. The van der Waals surface area contributed by atoms with E-state index in [9.17, 15) is 8.42 Å². The fraction of sp³-hybridized carbons (Fsp3) is 0.750. The molecule has 2 aliphatic heterocycles. The molecule has 0 N–H and O–H groups in total. The summed E-state index contributed by atoms with van der Waals surface area (Å²) in [5.41, 5.74) is 0. The fourth-order valence-electron chi connectivity index (χ4n) is 3.22. The lowest BCUT2D eigenvalue weighted by Gasteiger charge is -2.35. The van der Waals surface area contributed by atoms with Gasteiger partial charge in [0.25, 0.3) is 10.0 Å². The molecular formula is C12H18ClN3O2S. The summed E-state index contributed by atoms with van der Waals surface area (Å²) in [6.45, 7) is 1.80. The van der Waals surface area contributed by atoms with Crippen LogP contribution in [0.15, 0.2) is 11.2 Å². The van der Waals surface area contributed by atoms with Gasteiger partial charge in [0, 0.05) is 30.7 Å². The number of imidazole rings is 1. The molecule has 0 amide bonds. The number of aryl methyl sites for hydroxylation is 2. The first-order valence-corrected chi connectivity index (χ1v) is 8.45. The third kappa shape index (κ3) is 2.10. The fourth-order valence-corrected chi connectivity index (χ4v) is 5.55. The molecular weight excluding hydrogens is 286 g/mol. The highest BCUT2D eigenvalue weighted by Crippen LogP contribution is 2.41. The topological polar surface area (TPSA) is 55.2 Å². The lowest BCUT2D eigenvalue weighted by atomic mass is 10.1. The van der Waals surface area contributed by atoms with Crippen molar-refractivity contribution in [1.82, 2.24) is 13.9 Å². The van der Waals surface area contributed by atoms with Crippen molar-refractivity contribution in [2.45, 2.75) is 55.1 Å². The van der Waals surface area contributed by atoms with E-state index in [1.807, 2.05) is 0 Å². The molecule has 106 valence electrons. The Bertz CT molecular complexity index is 565. The normalized spacial score (nSPS) is 31.8. The van der Waals surface area contributed by atoms with E-state index in [1.165, 1.54) is 0 Å². The number of alkyl halides is 1. The van der Waals surface area contributed by atoms with Crippen molar-refractivity contribution in [2.75, 3.05) is 0 Å². The summed E-state index contributed by atoms with van der Waals surface area (Å²) in [6.07, 6.45) is 4.93. The van der Waals surface area contributed by atoms with Crippen molar-refractivity contribution in [1.29, 1.82) is 0 Å². The summed E-state index contributed by atoms with van der Waals surface area (Å²) in [5.74, 6) is 0.707. The molecule has 0 aromatic carbocycles. The van der Waals surface area contributed by atoms with E-state index in [4.69, 9.17) is 11.6 Å². The minimum Gasteiger partial charge on any atom is -0.337 e. The molecule has 0 aliphatic carbocycles. The van der Waals surface area contributed by atoms with Crippen molar-refractivity contribution in [3.05, 3.63) is 12.0 Å². The predicted octanol–water partition coefficient (Wildman–Crippen LogP) is 1.65. The third-order valence-corrected chi connectivity index (χ3v) is 6.47. The van der Waals surface area contributed by atoms with Gasteiger partial charge in [-0.25, -0.2) is 13.4 Å². The van der Waals surface area contributed by atoms with Crippen LogP contribution in [0.2, 0.25) is 0 Å². The molecule has 2 aliphatic rings. The van der Waals surface area contributed by atoms with Gasteiger partial charge in [-0.2, -0.15) is 4.31 Å². The van der Waals surface area contributed by atoms with Gasteiger partial charge in [-0.05, 0) is 32.6 Å². The summed E-state index contributed by atoms with van der Waals surface area (Å²) in [7, 11) is -1.67. The third-order valence-electron chi connectivity index (χ3n) is 4.24. The van der Waals surface area contributed by atoms with Crippen LogP contribution in [0, 0.1) is 6.92 Å². The molecule has 0 radical (unpaired) electrons. The standard InChI is InChI=1S/C12H18ClN3O2S/c1-8-14-12(7-15(8)2)19(17,18)16-10-3-4-11(16)6-9(13)5-10/h7,9-11H,3-6H2,1-2H3. The van der Waals surface area contributed by atoms with Crippen LogP contribution in [0.4, 0.5) is 0 Å². The maximum absolute atomic E-state index is 12.7. The van der Waals surface area contributed by atoms with Crippen LogP contribution in [-0.2, 0) is 17.1 Å². The average molecular weight is 304 g/mol. The Morgan fingerprint density at radius 1 is 1.32 bits per heavy atom. The minimum absolute atomic E-state index is 0.0496. The summed E-state index contributed by atoms with van der Waals surface area (Å²) in [4.78, 5) is 4.17. The monoisotopic (exact) mass is 303 g/mol. The van der Waals surface area contributed by atoms with E-state index in [0.717, 1.165) is 25.7 Å². The average Bonchev–Trinajstić information content (AvgIpc) is 2.80. The molecule has 2 fully saturated rings. The first-order valence-electron chi connectivity index (χ1n) is 6.57. The Morgan fingerprint density at radius 2 is 1.89 bits per heavy atom. The molecule has 1 aromatic rings. The number of nitrogens with zero attached hydrogens (tertiary/aromatic N) is 3. The van der Waals surface area contributed by atoms with Crippen LogP contribution >= 0.6 is 11.6 Å². The molecule has 3 heterocycles. The van der Waals surface area contributed by atoms with Gasteiger partial charge in [0.15, 0.2) is 5.03 Å². The molecule has 3 rings (SSSR count). The Hall–Kier alpha value is -0.590. The maximum atomic E-state index is 12.7. The lowest BCUT2D eigenvalue weighted by molar-refractivity contribution is 0.250. The van der Waals surface area contributed by atoms with Crippen LogP contribution < -0.4 is 0 Å². The largest absolute Gasteiger partial charge is 0.337 e. The van der Waals surface area contributed by atoms with Gasteiger partial charge < -0.3 is 4.57 Å². The number of aromatic nitrogens is 2. The number of halogens is 1. The van der Waals surface area contributed by atoms with Gasteiger partial charge in [-0.3, -0.25) is 0 Å². The number of hydrogen-bond donors (Lipinski definition) is 0. The highest BCUT2D eigenvalue weighted by molar-refractivity contribution is 7.89. The van der Waals surface area contributed by atoms with E-state index < -0.39 is 10.0 Å². The SMILES string of the molecule is Cc1nc(S(=O)(=O)N2C3CCC2CC(Cl)C3)cn1C. The highest BCUT2D eigenvalue weighted by Gasteiger charge is 2.47. The van der Waals surface area contributed by atoms with Crippen molar-refractivity contribution in [3.63, 3.8) is 0 Å². The van der Waals surface area contributed by atoms with Gasteiger partial charge in [-0.15, -0.1) is 11.6 Å². The van der Waals surface area contributed by atoms with Gasteiger partial charge in [0.2, 0.25) is 0 Å². The Balaban J connectivity index is 1.97. The molecule has 1 aromatic heterocycles. The number of rotatable bonds is 2. The lowest BCUT2D eigenvalue weighted by Crippen LogP contribution is -2.46. The van der Waals surface area contributed by atoms with E-state index in [-0.39, 0.29) is 22.5 Å². The summed E-state index contributed by atoms with van der Waals surface area (Å²) in [6, 6.07) is 0.0992. The van der Waals surface area contributed by atoms with Crippen molar-refractivity contribution >= 4 is 21.6 Å². The first kappa shape index (κ1) is 13.4. The zero-order valence-corrected chi connectivity index (χ0v) is 12.7. The molecule has 0 spiro atoms. The van der Waals surface area contributed by atoms with E-state index in [2.05, 4.69) is 4.98 Å². The van der Waals surface area contributed by atoms with Crippen molar-refractivity contribution in [2.24, 2.45) is 7.05 Å². The van der Waals surface area contributed by atoms with Crippen LogP contribution in [0.1, 0.15) is 31.5 Å². The smallest absolute Gasteiger partial charge is 0.262 e. The van der Waals surface area contributed by atoms with Crippen LogP contribution in [0.3, 0.4) is 0 Å². The maximum Gasteiger partial charge on any atom is 0.262 e. The molecule has 2 unspecified atom stereocenters. The molecule has 0 saturated carbocycles. The summed E-state index contributed by atoms with van der Waals surface area (Å²) in [5, 5.41) is 0.270. The number of hydrogen-bond acceptors (Lipinski definition) is 3. The van der Waals surface area contributed by atoms with Crippen LogP contribution in [-0.4, -0.2) is 39.7 Å². The van der Waals surface area contributed by atoms with Gasteiger partial charge in [0.1, 0.15) is 5.82 Å². The highest BCUT2D eigenvalue weighted by atomic mass is 35.5. The second kappa shape index (κ2) is 4.46. The zero-order chi connectivity index (χ0) is 13.8. The Morgan fingerprint density at radius 3 is 2.37 bits per heavy atom. The van der Waals surface area contributed by atoms with Crippen LogP contribution in [0.25, 0.3) is 0 Å². The first-order chi connectivity index (χ1) is 8.89. The summed E-state index contributed by atoms with van der Waals surface area (Å²) >= 11 is 6.20. The van der Waals surface area contributed by atoms with Gasteiger partial charge in [0.05, 0.1) is 0 Å². The predicted molar refractivity (Wildman–Crippen MR) is 72.7 cm³/mol. The number of fused-ring (bicyclic) bond motifs is 2. The molecule has 2 saturated heterocycles. The molecule has 19 heavy (non-hydrogen) atoms. The molecule has 5 nitrogen and oxygen atoms in total. The van der Waals surface area contributed by atoms with Crippen molar-refractivity contribution in [3.8, 4) is 0 Å². The quantitative estimate of drug-likeness (QED) is 0.781. The van der Waals surface area contributed by atoms with Crippen LogP contribution in [0.5, 0.6) is 0 Å². The molecule has 7 heteroatoms. The second-order valence-electron chi connectivity index (χ2n) is 5.53.